The average Bonchev–Trinajstić information content (AvgIpc) is 2.63. The highest BCUT2D eigenvalue weighted by Gasteiger charge is 2.37. The normalized spacial score (nSPS) is 26.2. The molecule has 0 aromatic rings. The van der Waals surface area contributed by atoms with Gasteiger partial charge in [-0.1, -0.05) is 12.8 Å². The first-order valence-corrected chi connectivity index (χ1v) is 5.32. The molecule has 0 aliphatic heterocycles. The molecule has 82 valence electrons. The van der Waals surface area contributed by atoms with Gasteiger partial charge in [0.15, 0.2) is 0 Å². The largest absolute Gasteiger partial charge is 0.481 e. The first-order valence-electron chi connectivity index (χ1n) is 5.32. The van der Waals surface area contributed by atoms with Crippen LogP contribution in [0.4, 0.5) is 0 Å². The predicted octanol–water partition coefficient (Wildman–Crippen LogP) is 2.04. The number of rotatable bonds is 6. The Balaban J connectivity index is 2.03. The van der Waals surface area contributed by atoms with Crippen LogP contribution in [0.25, 0.3) is 0 Å². The summed E-state index contributed by atoms with van der Waals surface area (Å²) in [5, 5.41) is 18.0. The molecule has 1 saturated carbocycles. The van der Waals surface area contributed by atoms with Crippen LogP contribution < -0.4 is 0 Å². The molecule has 2 N–H and O–H groups in total. The first kappa shape index (κ1) is 11.5. The first-order chi connectivity index (χ1) is 6.38. The lowest BCUT2D eigenvalue weighted by molar-refractivity contribution is -0.137. The summed E-state index contributed by atoms with van der Waals surface area (Å²) >= 11 is 0. The van der Waals surface area contributed by atoms with Crippen LogP contribution in [-0.4, -0.2) is 21.8 Å². The number of hydrogen-bond donors (Lipinski definition) is 2. The fourth-order valence-corrected chi connectivity index (χ4v) is 1.94. The Morgan fingerprint density at radius 3 is 2.57 bits per heavy atom. The molecular weight excluding hydrogens is 180 g/mol. The van der Waals surface area contributed by atoms with Gasteiger partial charge in [0, 0.05) is 6.42 Å². The zero-order valence-corrected chi connectivity index (χ0v) is 8.99. The van der Waals surface area contributed by atoms with Gasteiger partial charge in [-0.15, -0.1) is 0 Å². The SMILES string of the molecule is CC(C)(O)CCC[C@@H]1C[C@@H]1CC(=O)O. The van der Waals surface area contributed by atoms with Crippen LogP contribution in [0.3, 0.4) is 0 Å². The summed E-state index contributed by atoms with van der Waals surface area (Å²) in [4.78, 5) is 10.4. The lowest BCUT2D eigenvalue weighted by atomic mass is 10.00. The molecule has 14 heavy (non-hydrogen) atoms. The molecule has 0 bridgehead atoms. The third kappa shape index (κ3) is 4.61. The molecule has 0 spiro atoms. The van der Waals surface area contributed by atoms with Crippen molar-refractivity contribution in [1.82, 2.24) is 0 Å². The molecule has 3 nitrogen and oxygen atoms in total. The molecule has 0 saturated heterocycles. The summed E-state index contributed by atoms with van der Waals surface area (Å²) < 4.78 is 0. The van der Waals surface area contributed by atoms with E-state index in [2.05, 4.69) is 0 Å². The summed E-state index contributed by atoms with van der Waals surface area (Å²) in [5.74, 6) is 0.336. The summed E-state index contributed by atoms with van der Waals surface area (Å²) in [7, 11) is 0. The van der Waals surface area contributed by atoms with Crippen LogP contribution in [0.2, 0.25) is 0 Å². The summed E-state index contributed by atoms with van der Waals surface area (Å²) in [6.07, 6.45) is 4.28. The standard InChI is InChI=1S/C11H20O3/c1-11(2,14)5-3-4-8-6-9(8)7-10(12)13/h8-9,14H,3-7H2,1-2H3,(H,12,13)/t8-,9-/m1/s1. The molecule has 1 aliphatic carbocycles. The lowest BCUT2D eigenvalue weighted by Gasteiger charge is -2.16. The van der Waals surface area contributed by atoms with Crippen molar-refractivity contribution in [3.8, 4) is 0 Å². The van der Waals surface area contributed by atoms with Crippen molar-refractivity contribution < 1.29 is 15.0 Å². The van der Waals surface area contributed by atoms with E-state index in [-0.39, 0.29) is 0 Å². The van der Waals surface area contributed by atoms with E-state index in [4.69, 9.17) is 5.11 Å². The molecule has 0 heterocycles. The highest BCUT2D eigenvalue weighted by molar-refractivity contribution is 5.67. The van der Waals surface area contributed by atoms with E-state index >= 15 is 0 Å². The van der Waals surface area contributed by atoms with Gasteiger partial charge in [0.25, 0.3) is 0 Å². The molecule has 0 amide bonds. The summed E-state index contributed by atoms with van der Waals surface area (Å²) in [6, 6.07) is 0. The van der Waals surface area contributed by atoms with Gasteiger partial charge in [-0.2, -0.15) is 0 Å². The molecule has 0 aromatic carbocycles. The van der Waals surface area contributed by atoms with Crippen LogP contribution in [-0.2, 0) is 4.79 Å². The molecular formula is C11H20O3. The van der Waals surface area contributed by atoms with E-state index in [1.54, 1.807) is 0 Å². The fraction of sp³-hybridized carbons (Fsp3) is 0.909. The van der Waals surface area contributed by atoms with E-state index in [1.165, 1.54) is 0 Å². The fourth-order valence-electron chi connectivity index (χ4n) is 1.94. The Kier molecular flexibility index (Phi) is 3.53. The Labute approximate surface area is 85.1 Å². The molecule has 0 radical (unpaired) electrons. The number of aliphatic carboxylic acids is 1. The molecule has 1 fully saturated rings. The van der Waals surface area contributed by atoms with E-state index in [9.17, 15) is 9.90 Å². The van der Waals surface area contributed by atoms with Gasteiger partial charge in [-0.3, -0.25) is 4.79 Å². The van der Waals surface area contributed by atoms with Gasteiger partial charge in [0.1, 0.15) is 0 Å². The van der Waals surface area contributed by atoms with Crippen LogP contribution in [0.1, 0.15) is 46.0 Å². The second-order valence-corrected chi connectivity index (χ2v) is 5.06. The molecule has 3 heteroatoms. The number of hydrogen-bond acceptors (Lipinski definition) is 2. The third-order valence-corrected chi connectivity index (χ3v) is 2.87. The minimum atomic E-state index is -0.681. The molecule has 1 rings (SSSR count). The number of carboxylic acids is 1. The average molecular weight is 200 g/mol. The second kappa shape index (κ2) is 4.30. The summed E-state index contributed by atoms with van der Waals surface area (Å²) in [6.45, 7) is 3.63. The van der Waals surface area contributed by atoms with E-state index < -0.39 is 11.6 Å². The van der Waals surface area contributed by atoms with Crippen molar-refractivity contribution in [1.29, 1.82) is 0 Å². The number of carboxylic acid groups (broad SMARTS) is 1. The van der Waals surface area contributed by atoms with Crippen LogP contribution in [0, 0.1) is 11.8 Å². The molecule has 2 atom stereocenters. The molecule has 1 aliphatic rings. The highest BCUT2D eigenvalue weighted by Crippen LogP contribution is 2.44. The van der Waals surface area contributed by atoms with Gasteiger partial charge >= 0.3 is 5.97 Å². The topological polar surface area (TPSA) is 57.5 Å². The van der Waals surface area contributed by atoms with Crippen LogP contribution in [0.5, 0.6) is 0 Å². The highest BCUT2D eigenvalue weighted by atomic mass is 16.4. The Morgan fingerprint density at radius 2 is 2.07 bits per heavy atom. The maximum Gasteiger partial charge on any atom is 0.303 e. The molecule has 0 aromatic heterocycles. The minimum Gasteiger partial charge on any atom is -0.481 e. The smallest absolute Gasteiger partial charge is 0.303 e. The van der Waals surface area contributed by atoms with Crippen molar-refractivity contribution >= 4 is 5.97 Å². The quantitative estimate of drug-likeness (QED) is 0.689. The third-order valence-electron chi connectivity index (χ3n) is 2.87. The number of carbonyl (C=O) groups is 1. The zero-order chi connectivity index (χ0) is 10.8. The van der Waals surface area contributed by atoms with Crippen LogP contribution >= 0.6 is 0 Å². The van der Waals surface area contributed by atoms with Crippen molar-refractivity contribution in [3.63, 3.8) is 0 Å². The van der Waals surface area contributed by atoms with E-state index in [0.29, 0.717) is 18.3 Å². The van der Waals surface area contributed by atoms with Crippen molar-refractivity contribution in [2.75, 3.05) is 0 Å². The Bertz CT molecular complexity index is 205. The minimum absolute atomic E-state index is 0.327. The predicted molar refractivity (Wildman–Crippen MR) is 54.0 cm³/mol. The monoisotopic (exact) mass is 200 g/mol. The zero-order valence-electron chi connectivity index (χ0n) is 8.99. The maximum atomic E-state index is 10.4. The van der Waals surface area contributed by atoms with Gasteiger partial charge in [0.2, 0.25) is 0 Å². The van der Waals surface area contributed by atoms with Gasteiger partial charge in [-0.05, 0) is 38.5 Å². The summed E-state index contributed by atoms with van der Waals surface area (Å²) in [5.41, 5.74) is -0.572. The molecule has 0 unspecified atom stereocenters. The lowest BCUT2D eigenvalue weighted by Crippen LogP contribution is -2.17. The van der Waals surface area contributed by atoms with Gasteiger partial charge in [0.05, 0.1) is 5.60 Å². The van der Waals surface area contributed by atoms with Gasteiger partial charge in [-0.25, -0.2) is 0 Å². The van der Waals surface area contributed by atoms with E-state index in [1.807, 2.05) is 13.8 Å². The Morgan fingerprint density at radius 1 is 1.43 bits per heavy atom. The van der Waals surface area contributed by atoms with Crippen LogP contribution in [0.15, 0.2) is 0 Å². The van der Waals surface area contributed by atoms with Gasteiger partial charge < -0.3 is 10.2 Å². The maximum absolute atomic E-state index is 10.4. The number of aliphatic hydroxyl groups is 1. The Hall–Kier alpha value is -0.570. The van der Waals surface area contributed by atoms with Crippen molar-refractivity contribution in [3.05, 3.63) is 0 Å². The van der Waals surface area contributed by atoms with Crippen molar-refractivity contribution in [2.24, 2.45) is 11.8 Å². The second-order valence-electron chi connectivity index (χ2n) is 5.06. The van der Waals surface area contributed by atoms with E-state index in [0.717, 1.165) is 25.7 Å². The van der Waals surface area contributed by atoms with Crippen molar-refractivity contribution in [2.45, 2.75) is 51.6 Å².